The van der Waals surface area contributed by atoms with Crippen molar-refractivity contribution in [1.82, 2.24) is 0 Å². The quantitative estimate of drug-likeness (QED) is 0.137. The number of carbonyl (C=O) groups is 3. The van der Waals surface area contributed by atoms with Crippen molar-refractivity contribution in [3.8, 4) is 0 Å². The van der Waals surface area contributed by atoms with Gasteiger partial charge in [-0.05, 0) is 74.3 Å². The van der Waals surface area contributed by atoms with Gasteiger partial charge in [-0.25, -0.2) is 14.4 Å². The van der Waals surface area contributed by atoms with E-state index in [1.165, 1.54) is 6.92 Å². The monoisotopic (exact) mass is 548 g/mol. The SMILES string of the molecule is C=C(C(CC1OC1(C)C)OC(=O)/C(C)=C\C)[C@H]1C[C@H](OC(=O)/C(C)=C\C)[C@@](C)(O)[C@@H](OC(=O)/C(C)=C\C)[C@H]1O. The number of rotatable bonds is 10. The van der Waals surface area contributed by atoms with Crippen molar-refractivity contribution in [2.75, 3.05) is 0 Å². The molecule has 1 saturated carbocycles. The second-order valence-electron chi connectivity index (χ2n) is 11.1. The first-order valence-corrected chi connectivity index (χ1v) is 13.3. The zero-order valence-electron chi connectivity index (χ0n) is 24.6. The number of epoxide rings is 1. The van der Waals surface area contributed by atoms with E-state index in [-0.39, 0.29) is 18.1 Å². The maximum atomic E-state index is 12.7. The summed E-state index contributed by atoms with van der Waals surface area (Å²) in [6, 6.07) is 0. The van der Waals surface area contributed by atoms with Crippen LogP contribution >= 0.6 is 0 Å². The summed E-state index contributed by atoms with van der Waals surface area (Å²) < 4.78 is 22.8. The summed E-state index contributed by atoms with van der Waals surface area (Å²) in [6.07, 6.45) is -0.141. The van der Waals surface area contributed by atoms with Crippen molar-refractivity contribution < 1.29 is 43.5 Å². The summed E-state index contributed by atoms with van der Waals surface area (Å²) in [4.78, 5) is 38.1. The number of carbonyl (C=O) groups excluding carboxylic acids is 3. The standard InChI is InChI=1S/C30H44O9/c1-11-16(4)26(32)36-21(15-22-29(8,9)39-22)19(7)20-14-23(37-27(33)17(5)12-2)30(10,35)25(24(20)31)38-28(34)18(6)13-3/h11-13,20-25,31,35H,7,14-15H2,1-6,8-10H3/b16-11-,17-12-,18-13-/t20-,21?,22?,23+,24+,25+,30-/m1/s1. The summed E-state index contributed by atoms with van der Waals surface area (Å²) in [7, 11) is 0. The highest BCUT2D eigenvalue weighted by Crippen LogP contribution is 2.44. The summed E-state index contributed by atoms with van der Waals surface area (Å²) in [6.45, 7) is 19.2. The Morgan fingerprint density at radius 1 is 0.949 bits per heavy atom. The molecule has 1 aliphatic heterocycles. The molecule has 9 heteroatoms. The molecule has 0 bridgehead atoms. The van der Waals surface area contributed by atoms with Crippen LogP contribution in [0, 0.1) is 5.92 Å². The Balaban J connectivity index is 2.48. The Morgan fingerprint density at radius 3 is 1.87 bits per heavy atom. The molecule has 0 aromatic carbocycles. The van der Waals surface area contributed by atoms with Gasteiger partial charge in [0.1, 0.15) is 23.9 Å². The van der Waals surface area contributed by atoms with Crippen LogP contribution in [0.5, 0.6) is 0 Å². The number of allylic oxidation sites excluding steroid dienone is 3. The third-order valence-electron chi connectivity index (χ3n) is 7.90. The number of hydrogen-bond donors (Lipinski definition) is 2. The number of ether oxygens (including phenoxy) is 4. The van der Waals surface area contributed by atoms with Crippen LogP contribution < -0.4 is 0 Å². The van der Waals surface area contributed by atoms with E-state index in [1.807, 2.05) is 13.8 Å². The van der Waals surface area contributed by atoms with E-state index in [0.29, 0.717) is 23.1 Å². The lowest BCUT2D eigenvalue weighted by molar-refractivity contribution is -0.229. The molecule has 2 unspecified atom stereocenters. The topological polar surface area (TPSA) is 132 Å². The van der Waals surface area contributed by atoms with Crippen LogP contribution in [0.4, 0.5) is 0 Å². The van der Waals surface area contributed by atoms with Gasteiger partial charge in [-0.1, -0.05) is 24.8 Å². The largest absolute Gasteiger partial charge is 0.456 e. The molecule has 2 N–H and O–H groups in total. The second kappa shape index (κ2) is 12.6. The predicted octanol–water partition coefficient (Wildman–Crippen LogP) is 3.88. The van der Waals surface area contributed by atoms with Gasteiger partial charge in [0.05, 0.1) is 11.7 Å². The van der Waals surface area contributed by atoms with E-state index < -0.39 is 59.4 Å². The highest BCUT2D eigenvalue weighted by molar-refractivity contribution is 5.89. The lowest BCUT2D eigenvalue weighted by Crippen LogP contribution is -2.64. The lowest BCUT2D eigenvalue weighted by atomic mass is 9.69. The summed E-state index contributed by atoms with van der Waals surface area (Å²) >= 11 is 0. The Kier molecular flexibility index (Phi) is 10.5. The number of esters is 3. The molecule has 2 fully saturated rings. The summed E-state index contributed by atoms with van der Waals surface area (Å²) in [5, 5.41) is 23.0. The van der Waals surface area contributed by atoms with Crippen molar-refractivity contribution in [1.29, 1.82) is 0 Å². The van der Waals surface area contributed by atoms with E-state index in [1.54, 1.807) is 59.8 Å². The zero-order valence-corrected chi connectivity index (χ0v) is 24.6. The number of aliphatic hydroxyl groups is 2. The van der Waals surface area contributed by atoms with Gasteiger partial charge >= 0.3 is 17.9 Å². The maximum absolute atomic E-state index is 12.7. The lowest BCUT2D eigenvalue weighted by Gasteiger charge is -2.48. The van der Waals surface area contributed by atoms with Gasteiger partial charge in [0, 0.05) is 29.1 Å². The van der Waals surface area contributed by atoms with Crippen LogP contribution in [0.2, 0.25) is 0 Å². The Bertz CT molecular complexity index is 1060. The van der Waals surface area contributed by atoms with Gasteiger partial charge in [-0.15, -0.1) is 0 Å². The highest BCUT2D eigenvalue weighted by atomic mass is 16.6. The van der Waals surface area contributed by atoms with Gasteiger partial charge in [0.2, 0.25) is 0 Å². The normalized spacial score (nSPS) is 31.7. The van der Waals surface area contributed by atoms with Gasteiger partial charge in [-0.3, -0.25) is 0 Å². The summed E-state index contributed by atoms with van der Waals surface area (Å²) in [5.41, 5.74) is -0.989. The maximum Gasteiger partial charge on any atom is 0.333 e. The van der Waals surface area contributed by atoms with Crippen molar-refractivity contribution in [3.05, 3.63) is 47.1 Å². The van der Waals surface area contributed by atoms with Crippen LogP contribution in [0.15, 0.2) is 47.1 Å². The molecule has 0 amide bonds. The van der Waals surface area contributed by atoms with E-state index in [2.05, 4.69) is 6.58 Å². The van der Waals surface area contributed by atoms with Crippen LogP contribution in [-0.4, -0.2) is 69.8 Å². The third kappa shape index (κ3) is 7.47. The minimum absolute atomic E-state index is 0.0437. The van der Waals surface area contributed by atoms with Crippen molar-refractivity contribution in [2.45, 2.75) is 117 Å². The molecule has 1 heterocycles. The molecular formula is C30H44O9. The Labute approximate surface area is 231 Å². The zero-order chi connectivity index (χ0) is 29.9. The number of hydrogen-bond acceptors (Lipinski definition) is 9. The average molecular weight is 549 g/mol. The van der Waals surface area contributed by atoms with Gasteiger partial charge in [0.25, 0.3) is 0 Å². The fourth-order valence-electron chi connectivity index (χ4n) is 4.45. The minimum atomic E-state index is -1.93. The van der Waals surface area contributed by atoms with Gasteiger partial charge < -0.3 is 29.2 Å². The van der Waals surface area contributed by atoms with Crippen molar-refractivity contribution >= 4 is 17.9 Å². The van der Waals surface area contributed by atoms with Crippen LogP contribution in [0.25, 0.3) is 0 Å². The molecule has 9 nitrogen and oxygen atoms in total. The molecule has 39 heavy (non-hydrogen) atoms. The fraction of sp³-hybridized carbons (Fsp3) is 0.633. The minimum Gasteiger partial charge on any atom is -0.456 e. The van der Waals surface area contributed by atoms with Crippen LogP contribution in [-0.2, 0) is 33.3 Å². The van der Waals surface area contributed by atoms with Crippen molar-refractivity contribution in [3.63, 3.8) is 0 Å². The van der Waals surface area contributed by atoms with Gasteiger partial charge in [0.15, 0.2) is 6.10 Å². The third-order valence-corrected chi connectivity index (χ3v) is 7.90. The molecule has 0 aromatic heterocycles. The first-order chi connectivity index (χ1) is 18.0. The molecule has 2 aliphatic rings. The molecule has 0 aromatic rings. The first kappa shape index (κ1) is 32.5. The predicted molar refractivity (Wildman–Crippen MR) is 145 cm³/mol. The molecule has 0 spiro atoms. The van der Waals surface area contributed by atoms with Gasteiger partial charge in [-0.2, -0.15) is 0 Å². The molecule has 0 radical (unpaired) electrons. The fourth-order valence-corrected chi connectivity index (χ4v) is 4.45. The second-order valence-corrected chi connectivity index (χ2v) is 11.1. The summed E-state index contributed by atoms with van der Waals surface area (Å²) in [5.74, 6) is -2.79. The average Bonchev–Trinajstić information content (AvgIpc) is 3.50. The van der Waals surface area contributed by atoms with Crippen LogP contribution in [0.3, 0.4) is 0 Å². The Hall–Kier alpha value is -2.75. The molecule has 7 atom stereocenters. The smallest absolute Gasteiger partial charge is 0.333 e. The van der Waals surface area contributed by atoms with E-state index in [9.17, 15) is 24.6 Å². The Morgan fingerprint density at radius 2 is 1.41 bits per heavy atom. The van der Waals surface area contributed by atoms with E-state index in [4.69, 9.17) is 18.9 Å². The molecule has 1 aliphatic carbocycles. The molecule has 2 rings (SSSR count). The number of aliphatic hydroxyl groups excluding tert-OH is 1. The molecule has 1 saturated heterocycles. The van der Waals surface area contributed by atoms with E-state index in [0.717, 1.165) is 0 Å². The first-order valence-electron chi connectivity index (χ1n) is 13.3. The van der Waals surface area contributed by atoms with E-state index >= 15 is 0 Å². The van der Waals surface area contributed by atoms with Crippen LogP contribution in [0.1, 0.15) is 75.2 Å². The highest BCUT2D eigenvalue weighted by Gasteiger charge is 2.57. The van der Waals surface area contributed by atoms with Crippen molar-refractivity contribution in [2.24, 2.45) is 5.92 Å². The molecule has 218 valence electrons. The molecular weight excluding hydrogens is 504 g/mol.